The maximum Gasteiger partial charge on any atom is 0.225 e. The highest BCUT2D eigenvalue weighted by Crippen LogP contribution is 2.52. The number of amides is 1. The van der Waals surface area contributed by atoms with Crippen LogP contribution in [-0.4, -0.2) is 35.0 Å². The number of nitrogens with one attached hydrogen (secondary N) is 1. The van der Waals surface area contributed by atoms with Crippen molar-refractivity contribution in [2.24, 2.45) is 0 Å². The Kier molecular flexibility index (Phi) is 5.21. The zero-order chi connectivity index (χ0) is 26.7. The number of fused-ring (bicyclic) bond motifs is 4. The van der Waals surface area contributed by atoms with Crippen molar-refractivity contribution in [3.05, 3.63) is 96.1 Å². The summed E-state index contributed by atoms with van der Waals surface area (Å²) in [6, 6.07) is 20.4. The summed E-state index contributed by atoms with van der Waals surface area (Å²) in [5, 5.41) is 3.77. The lowest BCUT2D eigenvalue weighted by atomic mass is 9.70. The molecule has 0 saturated carbocycles. The van der Waals surface area contributed by atoms with E-state index < -0.39 is 11.5 Å². The van der Waals surface area contributed by atoms with Gasteiger partial charge in [-0.2, -0.15) is 0 Å². The van der Waals surface area contributed by atoms with Gasteiger partial charge in [-0.05, 0) is 17.2 Å². The van der Waals surface area contributed by atoms with Crippen LogP contribution in [0.25, 0.3) is 33.4 Å². The molecule has 1 N–H and O–H groups in total. The van der Waals surface area contributed by atoms with Crippen molar-refractivity contribution in [3.63, 3.8) is 0 Å². The molecule has 39 heavy (non-hydrogen) atoms. The maximum atomic E-state index is 14.7. The zero-order valence-electron chi connectivity index (χ0n) is 21.4. The molecule has 8 nitrogen and oxygen atoms in total. The molecule has 0 fully saturated rings. The average molecular weight is 520 g/mol. The Hall–Kier alpha value is -4.69. The largest absolute Gasteiger partial charge is 0.491 e. The van der Waals surface area contributed by atoms with Crippen molar-refractivity contribution in [2.75, 3.05) is 13.7 Å². The number of carbonyl (C=O) groups excluding carboxylic acids is 2. The quantitative estimate of drug-likeness (QED) is 0.359. The molecule has 0 aliphatic carbocycles. The summed E-state index contributed by atoms with van der Waals surface area (Å²) < 4.78 is 20.2. The number of hydrogen-bond donors (Lipinski definition) is 1. The third kappa shape index (κ3) is 3.31. The Morgan fingerprint density at radius 3 is 2.67 bits per heavy atom. The molecule has 2 unspecified atom stereocenters. The molecule has 1 amide bonds. The van der Waals surface area contributed by atoms with E-state index in [2.05, 4.69) is 16.4 Å². The number of ketones is 1. The van der Waals surface area contributed by atoms with Crippen molar-refractivity contribution >= 4 is 22.6 Å². The standard InChI is InChI=1S/C31H25N3O5/c1-18(35)33-27-29(36)31(19-8-4-3-5-9-19)16-38-28-21(11-6-12-23(28)31)20-10-7-13-24-26(20)22(15-34(24)17-37-2)25-14-32-30(27)39-25/h3-15,27H,16-17H2,1-2H3,(H,33,35). The van der Waals surface area contributed by atoms with Gasteiger partial charge in [0, 0.05) is 42.3 Å². The molecule has 2 aliphatic heterocycles. The highest BCUT2D eigenvalue weighted by atomic mass is 16.5. The fraction of sp³-hybridized carbons (Fsp3) is 0.194. The van der Waals surface area contributed by atoms with Gasteiger partial charge in [0.05, 0.1) is 11.7 Å². The predicted octanol–water partition coefficient (Wildman–Crippen LogP) is 5.01. The van der Waals surface area contributed by atoms with Crippen LogP contribution < -0.4 is 10.1 Å². The number of nitrogens with zero attached hydrogens (tertiary/aromatic N) is 2. The molecule has 7 rings (SSSR count). The van der Waals surface area contributed by atoms with Crippen molar-refractivity contribution in [1.82, 2.24) is 14.9 Å². The summed E-state index contributed by atoms with van der Waals surface area (Å²) >= 11 is 0. The lowest BCUT2D eigenvalue weighted by Gasteiger charge is -2.30. The van der Waals surface area contributed by atoms with Gasteiger partial charge in [0.25, 0.3) is 0 Å². The van der Waals surface area contributed by atoms with Gasteiger partial charge in [-0.25, -0.2) is 4.98 Å². The van der Waals surface area contributed by atoms with Gasteiger partial charge in [0.1, 0.15) is 24.5 Å². The van der Waals surface area contributed by atoms with Crippen molar-refractivity contribution < 1.29 is 23.5 Å². The van der Waals surface area contributed by atoms with E-state index >= 15 is 0 Å². The van der Waals surface area contributed by atoms with Crippen LogP contribution in [0.4, 0.5) is 0 Å². The van der Waals surface area contributed by atoms with Crippen LogP contribution in [0.15, 0.2) is 83.5 Å². The second kappa shape index (κ2) is 8.68. The SMILES string of the molecule is COCn1cc2c3c(cccc31)-c1cccc3c1OCC3(c1ccccc1)C(=O)C(NC(C)=O)c1ncc-2o1. The Morgan fingerprint density at radius 1 is 1.08 bits per heavy atom. The first-order valence-corrected chi connectivity index (χ1v) is 12.7. The maximum absolute atomic E-state index is 14.7. The second-order valence-corrected chi connectivity index (χ2v) is 9.93. The summed E-state index contributed by atoms with van der Waals surface area (Å²) in [7, 11) is 1.65. The molecular formula is C31H25N3O5. The van der Waals surface area contributed by atoms with Gasteiger partial charge in [-0.1, -0.05) is 60.7 Å². The van der Waals surface area contributed by atoms with Crippen LogP contribution in [0.1, 0.15) is 30.0 Å². The predicted molar refractivity (Wildman–Crippen MR) is 144 cm³/mol. The molecule has 0 radical (unpaired) electrons. The van der Waals surface area contributed by atoms with E-state index in [0.717, 1.165) is 38.7 Å². The van der Waals surface area contributed by atoms with Gasteiger partial charge in [0.15, 0.2) is 17.6 Å². The highest BCUT2D eigenvalue weighted by Gasteiger charge is 2.53. The molecule has 3 aromatic carbocycles. The Morgan fingerprint density at radius 2 is 1.87 bits per heavy atom. The number of Topliss-reactive ketones (excluding diaryl/α,β-unsaturated/α-hetero) is 1. The number of ether oxygens (including phenoxy) is 2. The summed E-state index contributed by atoms with van der Waals surface area (Å²) in [6.07, 6.45) is 3.57. The smallest absolute Gasteiger partial charge is 0.225 e. The molecule has 0 spiro atoms. The molecule has 4 heterocycles. The molecule has 194 valence electrons. The normalized spacial score (nSPS) is 19.3. The number of benzene rings is 3. The minimum Gasteiger partial charge on any atom is -0.491 e. The Balaban J connectivity index is 1.62. The number of carbonyl (C=O) groups is 2. The molecule has 2 aromatic heterocycles. The minimum absolute atomic E-state index is 0.0827. The fourth-order valence-electron chi connectivity index (χ4n) is 6.05. The van der Waals surface area contributed by atoms with Crippen molar-refractivity contribution in [3.8, 4) is 28.2 Å². The van der Waals surface area contributed by atoms with Crippen LogP contribution in [-0.2, 0) is 26.5 Å². The highest BCUT2D eigenvalue weighted by molar-refractivity contribution is 6.08. The molecule has 2 aliphatic rings. The van der Waals surface area contributed by atoms with Gasteiger partial charge in [-0.3, -0.25) is 9.59 Å². The molecule has 2 atom stereocenters. The molecule has 8 heteroatoms. The fourth-order valence-corrected chi connectivity index (χ4v) is 6.05. The summed E-state index contributed by atoms with van der Waals surface area (Å²) in [4.78, 5) is 31.6. The first-order valence-electron chi connectivity index (χ1n) is 12.7. The van der Waals surface area contributed by atoms with Gasteiger partial charge < -0.3 is 23.8 Å². The number of para-hydroxylation sites is 1. The van der Waals surface area contributed by atoms with E-state index in [-0.39, 0.29) is 24.2 Å². The topological polar surface area (TPSA) is 95.6 Å². The van der Waals surface area contributed by atoms with E-state index in [4.69, 9.17) is 13.9 Å². The van der Waals surface area contributed by atoms with Gasteiger partial charge in [0.2, 0.25) is 11.8 Å². The van der Waals surface area contributed by atoms with Crippen molar-refractivity contribution in [1.29, 1.82) is 0 Å². The number of hydrogen-bond acceptors (Lipinski definition) is 6. The summed E-state index contributed by atoms with van der Waals surface area (Å²) in [5.74, 6) is 0.624. The number of aromatic nitrogens is 2. The van der Waals surface area contributed by atoms with E-state index in [0.29, 0.717) is 18.2 Å². The zero-order valence-corrected chi connectivity index (χ0v) is 21.4. The second-order valence-electron chi connectivity index (χ2n) is 9.93. The number of rotatable bonds is 4. The van der Waals surface area contributed by atoms with E-state index in [1.54, 1.807) is 13.3 Å². The van der Waals surface area contributed by atoms with Crippen LogP contribution in [0.3, 0.4) is 0 Å². The average Bonchev–Trinajstić information content (AvgIpc) is 3.68. The summed E-state index contributed by atoms with van der Waals surface area (Å²) in [6.45, 7) is 1.80. The van der Waals surface area contributed by atoms with Crippen LogP contribution >= 0.6 is 0 Å². The van der Waals surface area contributed by atoms with E-state index in [1.807, 2.05) is 71.4 Å². The third-order valence-corrected chi connectivity index (χ3v) is 7.71. The van der Waals surface area contributed by atoms with E-state index in [1.165, 1.54) is 6.92 Å². The molecule has 5 aromatic rings. The van der Waals surface area contributed by atoms with Gasteiger partial charge >= 0.3 is 0 Å². The Labute approximate surface area is 224 Å². The number of methoxy groups -OCH3 is 1. The minimum atomic E-state index is -1.19. The lowest BCUT2D eigenvalue weighted by Crippen LogP contribution is -2.47. The van der Waals surface area contributed by atoms with Crippen LogP contribution in [0.2, 0.25) is 0 Å². The molecular weight excluding hydrogens is 494 g/mol. The first-order chi connectivity index (χ1) is 19.0. The molecule has 6 bridgehead atoms. The van der Waals surface area contributed by atoms with Crippen molar-refractivity contribution in [2.45, 2.75) is 25.1 Å². The lowest BCUT2D eigenvalue weighted by molar-refractivity contribution is -0.130. The van der Waals surface area contributed by atoms with E-state index in [9.17, 15) is 9.59 Å². The first kappa shape index (κ1) is 23.4. The van der Waals surface area contributed by atoms with Crippen LogP contribution in [0.5, 0.6) is 5.75 Å². The third-order valence-electron chi connectivity index (χ3n) is 7.71. The Bertz CT molecular complexity index is 1770. The summed E-state index contributed by atoms with van der Waals surface area (Å²) in [5.41, 5.74) is 3.91. The molecule has 0 saturated heterocycles. The monoisotopic (exact) mass is 519 g/mol. The van der Waals surface area contributed by atoms with Gasteiger partial charge in [-0.15, -0.1) is 0 Å². The van der Waals surface area contributed by atoms with Crippen LogP contribution in [0, 0.1) is 0 Å². The number of oxazole rings is 1.